The van der Waals surface area contributed by atoms with Crippen LogP contribution in [0.2, 0.25) is 5.02 Å². The first kappa shape index (κ1) is 22.6. The molecule has 3 rings (SSSR count). The van der Waals surface area contributed by atoms with Crippen molar-refractivity contribution in [2.24, 2.45) is 0 Å². The Balaban J connectivity index is 1.62. The Hall–Kier alpha value is -2.09. The van der Waals surface area contributed by atoms with Gasteiger partial charge in [-0.25, -0.2) is 8.42 Å². The summed E-state index contributed by atoms with van der Waals surface area (Å²) < 4.78 is 24.5. The van der Waals surface area contributed by atoms with E-state index in [4.69, 9.17) is 11.6 Å². The van der Waals surface area contributed by atoms with Crippen molar-refractivity contribution >= 4 is 33.2 Å². The smallest absolute Gasteiger partial charge is 0.253 e. The molecular weight excluding hydrogens is 422 g/mol. The van der Waals surface area contributed by atoms with Gasteiger partial charge in [0, 0.05) is 20.1 Å². The molecule has 6 nitrogen and oxygen atoms in total. The fourth-order valence-electron chi connectivity index (χ4n) is 3.57. The molecule has 1 N–H and O–H groups in total. The number of sulfonamides is 1. The summed E-state index contributed by atoms with van der Waals surface area (Å²) in [6, 6.07) is 12.9. The molecule has 0 spiro atoms. The number of halogens is 1. The van der Waals surface area contributed by atoms with E-state index >= 15 is 0 Å². The molecule has 8 heteroatoms. The predicted octanol–water partition coefficient (Wildman–Crippen LogP) is 3.65. The van der Waals surface area contributed by atoms with Crippen LogP contribution in [0, 0.1) is 0 Å². The van der Waals surface area contributed by atoms with E-state index in [1.165, 1.54) is 37.9 Å². The highest BCUT2D eigenvalue weighted by Gasteiger charge is 2.16. The Kier molecular flexibility index (Phi) is 7.39. The number of anilines is 1. The normalized spacial score (nSPS) is 15.0. The molecular formula is C22H28ClN3O3S. The minimum absolute atomic E-state index is 0.208. The van der Waals surface area contributed by atoms with Gasteiger partial charge in [0.05, 0.1) is 22.5 Å². The van der Waals surface area contributed by atoms with Gasteiger partial charge in [0.2, 0.25) is 10.0 Å². The lowest BCUT2D eigenvalue weighted by atomic mass is 10.1. The number of carbonyl (C=O) groups is 1. The molecule has 0 radical (unpaired) electrons. The molecule has 1 aliphatic heterocycles. The summed E-state index contributed by atoms with van der Waals surface area (Å²) in [6.07, 6.45) is 4.95. The average Bonchev–Trinajstić information content (AvgIpc) is 2.72. The van der Waals surface area contributed by atoms with Gasteiger partial charge in [-0.2, -0.15) is 0 Å². The molecule has 1 aliphatic rings. The lowest BCUT2D eigenvalue weighted by Gasteiger charge is -2.26. The summed E-state index contributed by atoms with van der Waals surface area (Å²) in [5.74, 6) is -0.296. The fourth-order valence-corrected chi connectivity index (χ4v) is 4.32. The van der Waals surface area contributed by atoms with E-state index in [2.05, 4.69) is 22.3 Å². The first-order chi connectivity index (χ1) is 14.2. The summed E-state index contributed by atoms with van der Waals surface area (Å²) in [4.78, 5) is 15.1. The highest BCUT2D eigenvalue weighted by Crippen LogP contribution is 2.24. The van der Waals surface area contributed by atoms with Crippen LogP contribution in [-0.4, -0.2) is 45.6 Å². The number of carbonyl (C=O) groups excluding carboxylic acids is 1. The lowest BCUT2D eigenvalue weighted by Crippen LogP contribution is -2.29. The Morgan fingerprint density at radius 1 is 1.10 bits per heavy atom. The lowest BCUT2D eigenvalue weighted by molar-refractivity contribution is 0.0951. The molecule has 0 atom stereocenters. The number of nitrogens with zero attached hydrogens (tertiary/aromatic N) is 2. The molecule has 0 unspecified atom stereocenters. The Morgan fingerprint density at radius 3 is 2.47 bits per heavy atom. The largest absolute Gasteiger partial charge is 0.348 e. The van der Waals surface area contributed by atoms with Crippen molar-refractivity contribution in [3.05, 3.63) is 64.2 Å². The number of amides is 1. The Morgan fingerprint density at radius 2 is 1.80 bits per heavy atom. The van der Waals surface area contributed by atoms with E-state index in [0.29, 0.717) is 17.8 Å². The summed E-state index contributed by atoms with van der Waals surface area (Å²) in [6.45, 7) is 3.62. The van der Waals surface area contributed by atoms with Crippen molar-refractivity contribution in [3.63, 3.8) is 0 Å². The third kappa shape index (κ3) is 5.97. The maximum Gasteiger partial charge on any atom is 0.253 e. The van der Waals surface area contributed by atoms with Crippen molar-refractivity contribution < 1.29 is 13.2 Å². The number of hydrogen-bond acceptors (Lipinski definition) is 4. The minimum Gasteiger partial charge on any atom is -0.348 e. The minimum atomic E-state index is -3.40. The predicted molar refractivity (Wildman–Crippen MR) is 121 cm³/mol. The summed E-state index contributed by atoms with van der Waals surface area (Å²) in [5, 5.41) is 3.10. The van der Waals surface area contributed by atoms with Crippen molar-refractivity contribution in [2.45, 2.75) is 32.4 Å². The van der Waals surface area contributed by atoms with E-state index < -0.39 is 10.0 Å². The zero-order valence-corrected chi connectivity index (χ0v) is 19.0. The van der Waals surface area contributed by atoms with Crippen LogP contribution < -0.4 is 9.62 Å². The van der Waals surface area contributed by atoms with Crippen LogP contribution >= 0.6 is 11.6 Å². The van der Waals surface area contributed by atoms with Crippen LogP contribution in [0.3, 0.4) is 0 Å². The van der Waals surface area contributed by atoms with Crippen LogP contribution in [0.5, 0.6) is 0 Å². The maximum absolute atomic E-state index is 12.6. The highest BCUT2D eigenvalue weighted by atomic mass is 35.5. The molecule has 0 saturated carbocycles. The van der Waals surface area contributed by atoms with Crippen molar-refractivity contribution in [1.82, 2.24) is 10.2 Å². The molecule has 0 aliphatic carbocycles. The average molecular weight is 450 g/mol. The molecule has 1 saturated heterocycles. The topological polar surface area (TPSA) is 69.7 Å². The van der Waals surface area contributed by atoms with Gasteiger partial charge in [-0.1, -0.05) is 42.3 Å². The van der Waals surface area contributed by atoms with Crippen LogP contribution in [-0.2, 0) is 23.1 Å². The van der Waals surface area contributed by atoms with Gasteiger partial charge in [-0.05, 0) is 55.3 Å². The molecule has 1 amide bonds. The molecule has 1 heterocycles. The maximum atomic E-state index is 12.6. The van der Waals surface area contributed by atoms with Gasteiger partial charge >= 0.3 is 0 Å². The number of likely N-dealkylation sites (tertiary alicyclic amines) is 1. The monoisotopic (exact) mass is 449 g/mol. The van der Waals surface area contributed by atoms with E-state index in [9.17, 15) is 13.2 Å². The van der Waals surface area contributed by atoms with Crippen LogP contribution in [0.15, 0.2) is 42.5 Å². The van der Waals surface area contributed by atoms with E-state index in [0.717, 1.165) is 35.8 Å². The first-order valence-corrected chi connectivity index (χ1v) is 12.3. The van der Waals surface area contributed by atoms with Gasteiger partial charge in [-0.3, -0.25) is 14.0 Å². The Bertz CT molecular complexity index is 1000. The number of benzene rings is 2. The number of hydrogen-bond donors (Lipinski definition) is 1. The molecule has 2 aromatic rings. The molecule has 0 aromatic heterocycles. The zero-order valence-electron chi connectivity index (χ0n) is 17.4. The standard InChI is InChI=1S/C22H28ClN3O3S/c1-25(30(2,28)29)19-9-10-20(21(23)14-19)22(27)24-15-17-7-6-8-18(13-17)16-26-11-4-3-5-12-26/h6-10,13-14H,3-5,11-12,15-16H2,1-2H3,(H,24,27). The summed E-state index contributed by atoms with van der Waals surface area (Å²) in [5.41, 5.74) is 2.99. The quantitative estimate of drug-likeness (QED) is 0.700. The van der Waals surface area contributed by atoms with Crippen LogP contribution in [0.1, 0.15) is 40.7 Å². The molecule has 30 heavy (non-hydrogen) atoms. The van der Waals surface area contributed by atoms with E-state index in [1.54, 1.807) is 12.1 Å². The molecule has 162 valence electrons. The number of piperidine rings is 1. The summed E-state index contributed by atoms with van der Waals surface area (Å²) >= 11 is 6.25. The summed E-state index contributed by atoms with van der Waals surface area (Å²) in [7, 11) is -1.95. The molecule has 1 fully saturated rings. The van der Waals surface area contributed by atoms with Crippen LogP contribution in [0.4, 0.5) is 5.69 Å². The molecule has 2 aromatic carbocycles. The van der Waals surface area contributed by atoms with Crippen molar-refractivity contribution in [2.75, 3.05) is 30.7 Å². The first-order valence-electron chi connectivity index (χ1n) is 10.1. The molecule has 0 bridgehead atoms. The van der Waals surface area contributed by atoms with E-state index in [1.807, 2.05) is 12.1 Å². The number of nitrogens with one attached hydrogen (secondary N) is 1. The van der Waals surface area contributed by atoms with Gasteiger partial charge in [0.1, 0.15) is 0 Å². The van der Waals surface area contributed by atoms with Gasteiger partial charge in [-0.15, -0.1) is 0 Å². The van der Waals surface area contributed by atoms with Gasteiger partial charge < -0.3 is 5.32 Å². The SMILES string of the molecule is CN(c1ccc(C(=O)NCc2cccc(CN3CCCCC3)c2)c(Cl)c1)S(C)(=O)=O. The van der Waals surface area contributed by atoms with Gasteiger partial charge in [0.25, 0.3) is 5.91 Å². The van der Waals surface area contributed by atoms with Crippen LogP contribution in [0.25, 0.3) is 0 Å². The van der Waals surface area contributed by atoms with Gasteiger partial charge in [0.15, 0.2) is 0 Å². The highest BCUT2D eigenvalue weighted by molar-refractivity contribution is 7.92. The second kappa shape index (κ2) is 9.81. The fraction of sp³-hybridized carbons (Fsp3) is 0.409. The third-order valence-electron chi connectivity index (χ3n) is 5.36. The second-order valence-electron chi connectivity index (χ2n) is 7.73. The van der Waals surface area contributed by atoms with Crippen molar-refractivity contribution in [1.29, 1.82) is 0 Å². The third-order valence-corrected chi connectivity index (χ3v) is 6.88. The zero-order chi connectivity index (χ0) is 21.7. The number of rotatable bonds is 7. The van der Waals surface area contributed by atoms with Crippen molar-refractivity contribution in [3.8, 4) is 0 Å². The second-order valence-corrected chi connectivity index (χ2v) is 10.2. The Labute approximate surface area is 183 Å². The van der Waals surface area contributed by atoms with E-state index in [-0.39, 0.29) is 10.9 Å².